The number of hydrogen-bond donors (Lipinski definition) is 2. The fourth-order valence-electron chi connectivity index (χ4n) is 2.81. The van der Waals surface area contributed by atoms with Crippen molar-refractivity contribution in [2.45, 2.75) is 44.6 Å². The summed E-state index contributed by atoms with van der Waals surface area (Å²) in [5.74, 6) is 0. The molecule has 2 aliphatic rings. The summed E-state index contributed by atoms with van der Waals surface area (Å²) in [4.78, 5) is 2.42. The van der Waals surface area contributed by atoms with Crippen LogP contribution in [0, 0.1) is 0 Å². The third kappa shape index (κ3) is 6.06. The number of ether oxygens (including phenoxy) is 1. The maximum absolute atomic E-state index is 5.38. The molecule has 1 saturated carbocycles. The van der Waals surface area contributed by atoms with E-state index in [1.807, 2.05) is 0 Å². The number of nitrogens with zero attached hydrogens (tertiary/aromatic N) is 1. The van der Waals surface area contributed by atoms with Crippen molar-refractivity contribution in [2.24, 2.45) is 0 Å². The molecule has 0 amide bonds. The van der Waals surface area contributed by atoms with Crippen molar-refractivity contribution in [2.75, 3.05) is 39.4 Å². The summed E-state index contributed by atoms with van der Waals surface area (Å²) < 4.78 is 5.34. The topological polar surface area (TPSA) is 36.5 Å². The Balaban J connectivity index is 1.55. The molecule has 0 bridgehead atoms. The van der Waals surface area contributed by atoms with Gasteiger partial charge in [0.2, 0.25) is 0 Å². The Labute approximate surface area is 122 Å². The summed E-state index contributed by atoms with van der Waals surface area (Å²) in [6.07, 6.45) is 7.99. The van der Waals surface area contributed by atoms with Gasteiger partial charge in [-0.3, -0.25) is 4.90 Å². The average Bonchev–Trinajstić information content (AvgIpc) is 2.68. The highest BCUT2D eigenvalue weighted by molar-refractivity contribution is 7.80. The molecule has 4 nitrogen and oxygen atoms in total. The Kier molecular flexibility index (Phi) is 6.88. The second kappa shape index (κ2) is 8.72. The Morgan fingerprint density at radius 3 is 2.47 bits per heavy atom. The maximum atomic E-state index is 5.38. The highest BCUT2D eigenvalue weighted by Crippen LogP contribution is 2.16. The lowest BCUT2D eigenvalue weighted by Gasteiger charge is -2.27. The minimum absolute atomic E-state index is 0.589. The number of morpholine rings is 1. The van der Waals surface area contributed by atoms with E-state index in [9.17, 15) is 0 Å². The molecule has 0 aromatic heterocycles. The van der Waals surface area contributed by atoms with Crippen LogP contribution in [0.15, 0.2) is 0 Å². The zero-order chi connectivity index (χ0) is 13.3. The van der Waals surface area contributed by atoms with Crippen LogP contribution in [0.5, 0.6) is 0 Å². The van der Waals surface area contributed by atoms with Crippen molar-refractivity contribution in [3.63, 3.8) is 0 Å². The number of hydrogen-bond acceptors (Lipinski definition) is 3. The van der Waals surface area contributed by atoms with Gasteiger partial charge in [-0.25, -0.2) is 0 Å². The lowest BCUT2D eigenvalue weighted by atomic mass is 10.1. The Bertz CT molecular complexity index is 261. The van der Waals surface area contributed by atoms with E-state index < -0.39 is 0 Å². The van der Waals surface area contributed by atoms with E-state index in [1.165, 1.54) is 38.5 Å². The van der Waals surface area contributed by atoms with Crippen molar-refractivity contribution in [3.8, 4) is 0 Å². The first-order chi connectivity index (χ1) is 9.34. The maximum Gasteiger partial charge on any atom is 0.166 e. The van der Waals surface area contributed by atoms with E-state index in [4.69, 9.17) is 17.0 Å². The molecule has 0 radical (unpaired) electrons. The number of thiocarbonyl (C=S) groups is 1. The van der Waals surface area contributed by atoms with Gasteiger partial charge in [0.25, 0.3) is 0 Å². The summed E-state index contributed by atoms with van der Waals surface area (Å²) in [5.41, 5.74) is 0. The van der Waals surface area contributed by atoms with Crippen molar-refractivity contribution in [3.05, 3.63) is 0 Å². The van der Waals surface area contributed by atoms with Crippen LogP contribution in [0.4, 0.5) is 0 Å². The molecule has 19 heavy (non-hydrogen) atoms. The van der Waals surface area contributed by atoms with Gasteiger partial charge in [-0.15, -0.1) is 0 Å². The molecule has 0 aromatic rings. The first-order valence-corrected chi connectivity index (χ1v) is 8.10. The van der Waals surface area contributed by atoms with E-state index in [2.05, 4.69) is 15.5 Å². The van der Waals surface area contributed by atoms with Gasteiger partial charge >= 0.3 is 0 Å². The predicted octanol–water partition coefficient (Wildman–Crippen LogP) is 1.51. The van der Waals surface area contributed by atoms with Crippen LogP contribution in [0.25, 0.3) is 0 Å². The molecule has 2 N–H and O–H groups in total. The highest BCUT2D eigenvalue weighted by Gasteiger charge is 2.13. The van der Waals surface area contributed by atoms with Gasteiger partial charge in [0, 0.05) is 32.2 Å². The molecular formula is C14H27N3OS. The molecule has 0 aromatic carbocycles. The monoisotopic (exact) mass is 285 g/mol. The molecule has 1 saturated heterocycles. The van der Waals surface area contributed by atoms with Crippen LogP contribution in [0.1, 0.15) is 38.5 Å². The third-order valence-electron chi connectivity index (χ3n) is 4.01. The fourth-order valence-corrected chi connectivity index (χ4v) is 3.08. The van der Waals surface area contributed by atoms with Gasteiger partial charge in [0.1, 0.15) is 0 Å². The van der Waals surface area contributed by atoms with Crippen LogP contribution >= 0.6 is 12.2 Å². The smallest absolute Gasteiger partial charge is 0.166 e. The van der Waals surface area contributed by atoms with Gasteiger partial charge in [0.15, 0.2) is 5.11 Å². The van der Waals surface area contributed by atoms with Crippen LogP contribution in [-0.4, -0.2) is 55.4 Å². The van der Waals surface area contributed by atoms with Gasteiger partial charge in [0.05, 0.1) is 13.2 Å². The summed E-state index contributed by atoms with van der Waals surface area (Å²) in [6, 6.07) is 0.589. The molecule has 0 atom stereocenters. The molecule has 2 fully saturated rings. The zero-order valence-corrected chi connectivity index (χ0v) is 12.6. The van der Waals surface area contributed by atoms with Crippen LogP contribution in [0.2, 0.25) is 0 Å². The van der Waals surface area contributed by atoms with Crippen LogP contribution in [0.3, 0.4) is 0 Å². The van der Waals surface area contributed by atoms with E-state index in [0.717, 1.165) is 44.5 Å². The molecule has 110 valence electrons. The summed E-state index contributed by atoms with van der Waals surface area (Å²) in [5, 5.41) is 7.64. The predicted molar refractivity (Wildman–Crippen MR) is 82.5 cm³/mol. The van der Waals surface area contributed by atoms with E-state index in [-0.39, 0.29) is 0 Å². The lowest BCUT2D eigenvalue weighted by molar-refractivity contribution is 0.0389. The molecule has 2 rings (SSSR count). The average molecular weight is 285 g/mol. The minimum atomic E-state index is 0.589. The summed E-state index contributed by atoms with van der Waals surface area (Å²) in [7, 11) is 0. The third-order valence-corrected chi connectivity index (χ3v) is 4.27. The SMILES string of the molecule is S=C(NCCN1CCOCC1)NC1CCCCCC1. The number of rotatable bonds is 4. The summed E-state index contributed by atoms with van der Waals surface area (Å²) in [6.45, 7) is 5.80. The summed E-state index contributed by atoms with van der Waals surface area (Å²) >= 11 is 5.38. The Morgan fingerprint density at radius 2 is 1.79 bits per heavy atom. The van der Waals surface area contributed by atoms with E-state index in [0.29, 0.717) is 6.04 Å². The van der Waals surface area contributed by atoms with Crippen molar-refractivity contribution < 1.29 is 4.74 Å². The van der Waals surface area contributed by atoms with Gasteiger partial charge in [-0.05, 0) is 25.1 Å². The fraction of sp³-hybridized carbons (Fsp3) is 0.929. The molecule has 0 spiro atoms. The standard InChI is InChI=1S/C14H27N3OS/c19-14(16-13-5-3-1-2-4-6-13)15-7-8-17-9-11-18-12-10-17/h13H,1-12H2,(H2,15,16,19). The van der Waals surface area contributed by atoms with Crippen molar-refractivity contribution >= 4 is 17.3 Å². The van der Waals surface area contributed by atoms with Crippen molar-refractivity contribution in [1.29, 1.82) is 0 Å². The highest BCUT2D eigenvalue weighted by atomic mass is 32.1. The van der Waals surface area contributed by atoms with E-state index >= 15 is 0 Å². The van der Waals surface area contributed by atoms with Crippen molar-refractivity contribution in [1.82, 2.24) is 15.5 Å². The molecular weight excluding hydrogens is 258 g/mol. The second-order valence-corrected chi connectivity index (χ2v) is 5.95. The Morgan fingerprint density at radius 1 is 1.11 bits per heavy atom. The second-order valence-electron chi connectivity index (χ2n) is 5.54. The lowest BCUT2D eigenvalue weighted by Crippen LogP contribution is -2.46. The number of nitrogens with one attached hydrogen (secondary N) is 2. The molecule has 1 heterocycles. The van der Waals surface area contributed by atoms with E-state index in [1.54, 1.807) is 0 Å². The van der Waals surface area contributed by atoms with Gasteiger partial charge < -0.3 is 15.4 Å². The van der Waals surface area contributed by atoms with Gasteiger partial charge in [-0.2, -0.15) is 0 Å². The molecule has 1 aliphatic heterocycles. The zero-order valence-electron chi connectivity index (χ0n) is 11.8. The van der Waals surface area contributed by atoms with Gasteiger partial charge in [-0.1, -0.05) is 25.7 Å². The molecule has 5 heteroatoms. The molecule has 0 unspecified atom stereocenters. The quantitative estimate of drug-likeness (QED) is 0.605. The first kappa shape index (κ1) is 15.0. The largest absolute Gasteiger partial charge is 0.379 e. The van der Waals surface area contributed by atoms with Crippen LogP contribution < -0.4 is 10.6 Å². The minimum Gasteiger partial charge on any atom is -0.379 e. The first-order valence-electron chi connectivity index (χ1n) is 7.69. The Hall–Kier alpha value is -0.390. The van der Waals surface area contributed by atoms with Crippen LogP contribution in [-0.2, 0) is 4.74 Å². The normalized spacial score (nSPS) is 22.7. The molecule has 1 aliphatic carbocycles.